The standard InChI is InChI=1S/C9H15N3O/c1-3-11-9(10)12-6-8-5-4-7(2)13-8/h4-5H,3,6H2,1-2H3,(H3,10,11,12). The summed E-state index contributed by atoms with van der Waals surface area (Å²) >= 11 is 0. The molecule has 0 aliphatic carbocycles. The maximum Gasteiger partial charge on any atom is 0.189 e. The zero-order valence-corrected chi connectivity index (χ0v) is 8.00. The molecular formula is C9H15N3O. The number of nitrogens with one attached hydrogen (secondary N) is 1. The van der Waals surface area contributed by atoms with Crippen LogP contribution in [0.15, 0.2) is 21.5 Å². The summed E-state index contributed by atoms with van der Waals surface area (Å²) < 4.78 is 5.32. The van der Waals surface area contributed by atoms with Gasteiger partial charge in [0.2, 0.25) is 0 Å². The lowest BCUT2D eigenvalue weighted by molar-refractivity contribution is 0.485. The number of furan rings is 1. The molecule has 0 amide bonds. The van der Waals surface area contributed by atoms with Crippen LogP contribution in [0, 0.1) is 6.92 Å². The van der Waals surface area contributed by atoms with Crippen LogP contribution in [0.3, 0.4) is 0 Å². The van der Waals surface area contributed by atoms with E-state index in [1.54, 1.807) is 0 Å². The second-order valence-corrected chi connectivity index (χ2v) is 2.74. The molecule has 0 aliphatic rings. The van der Waals surface area contributed by atoms with Gasteiger partial charge in [-0.25, -0.2) is 4.99 Å². The average molecular weight is 181 g/mol. The Hall–Kier alpha value is -1.45. The van der Waals surface area contributed by atoms with E-state index >= 15 is 0 Å². The molecule has 0 spiro atoms. The molecule has 4 nitrogen and oxygen atoms in total. The summed E-state index contributed by atoms with van der Waals surface area (Å²) in [5.41, 5.74) is 5.54. The van der Waals surface area contributed by atoms with E-state index in [1.807, 2.05) is 26.0 Å². The average Bonchev–Trinajstić information content (AvgIpc) is 2.49. The number of nitrogens with zero attached hydrogens (tertiary/aromatic N) is 1. The largest absolute Gasteiger partial charge is 0.464 e. The van der Waals surface area contributed by atoms with Gasteiger partial charge < -0.3 is 15.5 Å². The van der Waals surface area contributed by atoms with Crippen LogP contribution in [0.2, 0.25) is 0 Å². The highest BCUT2D eigenvalue weighted by Crippen LogP contribution is 2.06. The Balaban J connectivity index is 2.46. The van der Waals surface area contributed by atoms with Crippen LogP contribution in [0.25, 0.3) is 0 Å². The Morgan fingerprint density at radius 1 is 1.62 bits per heavy atom. The first-order valence-electron chi connectivity index (χ1n) is 4.31. The van der Waals surface area contributed by atoms with Crippen LogP contribution < -0.4 is 11.1 Å². The molecule has 0 aromatic carbocycles. The second kappa shape index (κ2) is 4.54. The van der Waals surface area contributed by atoms with Gasteiger partial charge in [-0.05, 0) is 26.0 Å². The van der Waals surface area contributed by atoms with Gasteiger partial charge in [0.25, 0.3) is 0 Å². The highest BCUT2D eigenvalue weighted by Gasteiger charge is 1.96. The molecule has 1 rings (SSSR count). The zero-order chi connectivity index (χ0) is 9.68. The summed E-state index contributed by atoms with van der Waals surface area (Å²) in [7, 11) is 0. The van der Waals surface area contributed by atoms with Gasteiger partial charge in [-0.1, -0.05) is 0 Å². The SMILES string of the molecule is CCNC(N)=NCc1ccc(C)o1. The van der Waals surface area contributed by atoms with Crippen molar-refractivity contribution in [2.45, 2.75) is 20.4 Å². The highest BCUT2D eigenvalue weighted by molar-refractivity contribution is 5.77. The Kier molecular flexibility index (Phi) is 3.37. The van der Waals surface area contributed by atoms with Gasteiger partial charge in [0.15, 0.2) is 5.96 Å². The summed E-state index contributed by atoms with van der Waals surface area (Å²) in [6.07, 6.45) is 0. The van der Waals surface area contributed by atoms with E-state index in [1.165, 1.54) is 0 Å². The van der Waals surface area contributed by atoms with E-state index in [-0.39, 0.29) is 0 Å². The van der Waals surface area contributed by atoms with Crippen LogP contribution in [0.5, 0.6) is 0 Å². The third-order valence-electron chi connectivity index (χ3n) is 1.56. The van der Waals surface area contributed by atoms with Crippen molar-refractivity contribution in [3.05, 3.63) is 23.7 Å². The molecule has 1 heterocycles. The monoisotopic (exact) mass is 181 g/mol. The molecule has 1 aromatic heterocycles. The van der Waals surface area contributed by atoms with E-state index in [0.29, 0.717) is 12.5 Å². The highest BCUT2D eigenvalue weighted by atomic mass is 16.3. The maximum atomic E-state index is 5.54. The Morgan fingerprint density at radius 2 is 2.38 bits per heavy atom. The summed E-state index contributed by atoms with van der Waals surface area (Å²) in [6, 6.07) is 3.81. The molecule has 0 radical (unpaired) electrons. The smallest absolute Gasteiger partial charge is 0.189 e. The minimum Gasteiger partial charge on any atom is -0.464 e. The predicted octanol–water partition coefficient (Wildman–Crippen LogP) is 1.01. The molecule has 72 valence electrons. The van der Waals surface area contributed by atoms with Crippen molar-refractivity contribution >= 4 is 5.96 Å². The van der Waals surface area contributed by atoms with E-state index < -0.39 is 0 Å². The number of nitrogens with two attached hydrogens (primary N) is 1. The molecule has 0 saturated heterocycles. The van der Waals surface area contributed by atoms with Crippen LogP contribution >= 0.6 is 0 Å². The predicted molar refractivity (Wildman–Crippen MR) is 52.4 cm³/mol. The van der Waals surface area contributed by atoms with E-state index in [0.717, 1.165) is 18.1 Å². The van der Waals surface area contributed by atoms with Crippen molar-refractivity contribution in [2.24, 2.45) is 10.7 Å². The van der Waals surface area contributed by atoms with Gasteiger partial charge in [0.1, 0.15) is 18.1 Å². The zero-order valence-electron chi connectivity index (χ0n) is 8.00. The molecule has 0 fully saturated rings. The van der Waals surface area contributed by atoms with E-state index in [2.05, 4.69) is 10.3 Å². The van der Waals surface area contributed by atoms with Crippen LogP contribution in [-0.2, 0) is 6.54 Å². The summed E-state index contributed by atoms with van der Waals surface area (Å²) in [6.45, 7) is 5.15. The van der Waals surface area contributed by atoms with Crippen molar-refractivity contribution in [1.29, 1.82) is 0 Å². The van der Waals surface area contributed by atoms with Crippen molar-refractivity contribution in [1.82, 2.24) is 5.32 Å². The van der Waals surface area contributed by atoms with Crippen molar-refractivity contribution in [3.8, 4) is 0 Å². The fourth-order valence-corrected chi connectivity index (χ4v) is 0.970. The third-order valence-corrected chi connectivity index (χ3v) is 1.56. The summed E-state index contributed by atoms with van der Waals surface area (Å²) in [4.78, 5) is 4.09. The van der Waals surface area contributed by atoms with Crippen LogP contribution in [0.4, 0.5) is 0 Å². The minimum atomic E-state index is 0.455. The fraction of sp³-hybridized carbons (Fsp3) is 0.444. The molecule has 0 aliphatic heterocycles. The molecule has 0 bridgehead atoms. The van der Waals surface area contributed by atoms with Crippen LogP contribution in [0.1, 0.15) is 18.4 Å². The van der Waals surface area contributed by atoms with Gasteiger partial charge in [-0.3, -0.25) is 0 Å². The number of rotatable bonds is 3. The first-order chi connectivity index (χ1) is 6.22. The lowest BCUT2D eigenvalue weighted by Gasteiger charge is -1.99. The number of hydrogen-bond acceptors (Lipinski definition) is 2. The number of hydrogen-bond donors (Lipinski definition) is 2. The Labute approximate surface area is 77.8 Å². The topological polar surface area (TPSA) is 63.5 Å². The fourth-order valence-electron chi connectivity index (χ4n) is 0.970. The lowest BCUT2D eigenvalue weighted by atomic mass is 10.4. The Morgan fingerprint density at radius 3 is 2.92 bits per heavy atom. The molecular weight excluding hydrogens is 166 g/mol. The van der Waals surface area contributed by atoms with Crippen molar-refractivity contribution in [2.75, 3.05) is 6.54 Å². The first-order valence-corrected chi connectivity index (χ1v) is 4.31. The molecule has 4 heteroatoms. The maximum absolute atomic E-state index is 5.54. The summed E-state index contributed by atoms with van der Waals surface area (Å²) in [5, 5.41) is 2.91. The quantitative estimate of drug-likeness (QED) is 0.540. The summed E-state index contributed by atoms with van der Waals surface area (Å²) in [5.74, 6) is 2.18. The van der Waals surface area contributed by atoms with E-state index in [4.69, 9.17) is 10.2 Å². The third kappa shape index (κ3) is 3.19. The van der Waals surface area contributed by atoms with Gasteiger partial charge in [0, 0.05) is 6.54 Å². The van der Waals surface area contributed by atoms with Crippen molar-refractivity contribution < 1.29 is 4.42 Å². The van der Waals surface area contributed by atoms with Gasteiger partial charge >= 0.3 is 0 Å². The van der Waals surface area contributed by atoms with Crippen LogP contribution in [-0.4, -0.2) is 12.5 Å². The van der Waals surface area contributed by atoms with Gasteiger partial charge in [-0.15, -0.1) is 0 Å². The number of aliphatic imine (C=N–C) groups is 1. The molecule has 3 N–H and O–H groups in total. The van der Waals surface area contributed by atoms with E-state index in [9.17, 15) is 0 Å². The van der Waals surface area contributed by atoms with Crippen molar-refractivity contribution in [3.63, 3.8) is 0 Å². The van der Waals surface area contributed by atoms with Gasteiger partial charge in [-0.2, -0.15) is 0 Å². The second-order valence-electron chi connectivity index (χ2n) is 2.74. The minimum absolute atomic E-state index is 0.455. The van der Waals surface area contributed by atoms with Gasteiger partial charge in [0.05, 0.1) is 0 Å². The molecule has 0 atom stereocenters. The first kappa shape index (κ1) is 9.64. The Bertz CT molecular complexity index is 291. The molecule has 0 unspecified atom stereocenters. The number of guanidine groups is 1. The molecule has 1 aromatic rings. The number of aryl methyl sites for hydroxylation is 1. The lowest BCUT2D eigenvalue weighted by Crippen LogP contribution is -2.31. The molecule has 0 saturated carbocycles. The normalized spacial score (nSPS) is 11.7. The molecule has 13 heavy (non-hydrogen) atoms.